The summed E-state index contributed by atoms with van der Waals surface area (Å²) in [7, 11) is 0. The minimum absolute atomic E-state index is 0.00412. The van der Waals surface area contributed by atoms with Crippen LogP contribution in [0.15, 0.2) is 0 Å². The van der Waals surface area contributed by atoms with Crippen molar-refractivity contribution in [1.82, 2.24) is 0 Å². The molecule has 0 aromatic carbocycles. The Bertz CT molecular complexity index is 267. The van der Waals surface area contributed by atoms with E-state index in [0.717, 1.165) is 12.8 Å². The molecule has 0 saturated heterocycles. The molecule has 0 fully saturated rings. The van der Waals surface area contributed by atoms with Crippen LogP contribution < -0.4 is 0 Å². The molecule has 158 valence electrons. The molecule has 0 amide bonds. The van der Waals surface area contributed by atoms with Crippen molar-refractivity contribution in [3.8, 4) is 0 Å². The van der Waals surface area contributed by atoms with E-state index in [4.69, 9.17) is 20.1 Å². The number of hydrogen-bond donors (Lipinski definition) is 3. The summed E-state index contributed by atoms with van der Waals surface area (Å²) in [5.74, 6) is 0.00412. The molecule has 26 heavy (non-hydrogen) atoms. The topological polar surface area (TPSA) is 87.0 Å². The second-order valence-electron chi connectivity index (χ2n) is 6.88. The van der Waals surface area contributed by atoms with Crippen LogP contribution >= 0.6 is 0 Å². The van der Waals surface area contributed by atoms with Gasteiger partial charge in [-0.05, 0) is 12.8 Å². The number of hydrogen-bond acceptors (Lipinski definition) is 5. The molecule has 0 aliphatic heterocycles. The van der Waals surface area contributed by atoms with Crippen molar-refractivity contribution in [3.05, 3.63) is 0 Å². The molecule has 0 rings (SSSR count). The molecule has 5 nitrogen and oxygen atoms in total. The lowest BCUT2D eigenvalue weighted by Gasteiger charge is -2.05. The van der Waals surface area contributed by atoms with E-state index in [9.17, 15) is 4.79 Å². The zero-order valence-corrected chi connectivity index (χ0v) is 17.3. The van der Waals surface area contributed by atoms with Gasteiger partial charge in [-0.25, -0.2) is 0 Å². The zero-order chi connectivity index (χ0) is 19.9. The molecule has 0 saturated carbocycles. The molecule has 0 aromatic heterocycles. The quantitative estimate of drug-likeness (QED) is 0.259. The number of aliphatic hydroxyl groups excluding tert-OH is 3. The fourth-order valence-corrected chi connectivity index (χ4v) is 2.42. The first-order valence-electron chi connectivity index (χ1n) is 10.7. The first-order valence-corrected chi connectivity index (χ1v) is 10.7. The molecule has 0 radical (unpaired) electrons. The van der Waals surface area contributed by atoms with Crippen LogP contribution in [0.1, 0.15) is 104 Å². The highest BCUT2D eigenvalue weighted by atomic mass is 16.5. The second-order valence-corrected chi connectivity index (χ2v) is 6.88. The number of esters is 1. The summed E-state index contributed by atoms with van der Waals surface area (Å²) < 4.78 is 5.22. The van der Waals surface area contributed by atoms with Crippen molar-refractivity contribution >= 4 is 5.97 Å². The van der Waals surface area contributed by atoms with Gasteiger partial charge in [0.15, 0.2) is 0 Å². The van der Waals surface area contributed by atoms with Gasteiger partial charge in [-0.1, -0.05) is 84.5 Å². The number of rotatable bonds is 17. The van der Waals surface area contributed by atoms with E-state index in [1.807, 2.05) is 0 Å². The molecule has 0 atom stereocenters. The molecular weight excluding hydrogens is 332 g/mol. The van der Waals surface area contributed by atoms with Gasteiger partial charge in [0, 0.05) is 6.42 Å². The Kier molecular flexibility index (Phi) is 25.8. The number of carbonyl (C=O) groups is 1. The van der Waals surface area contributed by atoms with E-state index in [2.05, 4.69) is 13.8 Å². The highest BCUT2D eigenvalue weighted by Gasteiger charge is 2.02. The minimum atomic E-state index is -0.954. The van der Waals surface area contributed by atoms with Gasteiger partial charge in [-0.2, -0.15) is 0 Å². The molecule has 0 unspecified atom stereocenters. The molecule has 0 spiro atoms. The van der Waals surface area contributed by atoms with E-state index in [0.29, 0.717) is 13.0 Å². The van der Waals surface area contributed by atoms with Crippen LogP contribution in [-0.4, -0.2) is 47.2 Å². The summed E-state index contributed by atoms with van der Waals surface area (Å²) in [5, 5.41) is 24.0. The predicted octanol–water partition coefficient (Wildman–Crippen LogP) is 4.36. The number of carbonyl (C=O) groups excluding carboxylic acids is 1. The van der Waals surface area contributed by atoms with Gasteiger partial charge in [0.2, 0.25) is 0 Å². The van der Waals surface area contributed by atoms with Gasteiger partial charge in [0.25, 0.3) is 0 Å². The van der Waals surface area contributed by atoms with E-state index in [-0.39, 0.29) is 19.2 Å². The first kappa shape index (κ1) is 27.6. The number of unbranched alkanes of at least 4 members (excludes halogenated alkanes) is 11. The molecule has 0 heterocycles. The van der Waals surface area contributed by atoms with Crippen molar-refractivity contribution < 1.29 is 24.9 Å². The maximum absolute atomic E-state index is 11.5. The van der Waals surface area contributed by atoms with Crippen LogP contribution in [0.2, 0.25) is 0 Å². The van der Waals surface area contributed by atoms with Crippen LogP contribution in [0.5, 0.6) is 0 Å². The van der Waals surface area contributed by atoms with Gasteiger partial charge in [0.05, 0.1) is 19.8 Å². The highest BCUT2D eigenvalue weighted by molar-refractivity contribution is 5.69. The molecular formula is C21H44O5. The van der Waals surface area contributed by atoms with Crippen molar-refractivity contribution in [3.63, 3.8) is 0 Å². The monoisotopic (exact) mass is 376 g/mol. The Hall–Kier alpha value is -0.650. The third kappa shape index (κ3) is 25.6. The van der Waals surface area contributed by atoms with Crippen molar-refractivity contribution in [2.75, 3.05) is 19.8 Å². The van der Waals surface area contributed by atoms with Crippen LogP contribution in [0.25, 0.3) is 0 Å². The van der Waals surface area contributed by atoms with E-state index in [1.54, 1.807) is 0 Å². The third-order valence-electron chi connectivity index (χ3n) is 4.17. The Balaban J connectivity index is 0. The van der Waals surface area contributed by atoms with Gasteiger partial charge in [-0.15, -0.1) is 0 Å². The van der Waals surface area contributed by atoms with Crippen molar-refractivity contribution in [1.29, 1.82) is 0 Å². The minimum Gasteiger partial charge on any atom is -0.466 e. The first-order chi connectivity index (χ1) is 12.6. The summed E-state index contributed by atoms with van der Waals surface area (Å²) in [5.41, 5.74) is 0. The van der Waals surface area contributed by atoms with Gasteiger partial charge >= 0.3 is 5.97 Å². The summed E-state index contributed by atoms with van der Waals surface area (Å²) in [6.45, 7) is 4.34. The summed E-state index contributed by atoms with van der Waals surface area (Å²) >= 11 is 0. The zero-order valence-electron chi connectivity index (χ0n) is 17.3. The number of aliphatic hydroxyl groups is 3. The van der Waals surface area contributed by atoms with Crippen LogP contribution in [0, 0.1) is 0 Å². The average molecular weight is 377 g/mol. The smallest absolute Gasteiger partial charge is 0.305 e. The molecule has 0 bridgehead atoms. The Morgan fingerprint density at radius 2 is 1.15 bits per heavy atom. The SMILES string of the molecule is CCCCCCCCCCCC(=O)OCCCCCC.OCC(O)CO. The second kappa shape index (κ2) is 24.4. The van der Waals surface area contributed by atoms with E-state index in [1.165, 1.54) is 70.6 Å². The van der Waals surface area contributed by atoms with Crippen LogP contribution in [0.4, 0.5) is 0 Å². The maximum Gasteiger partial charge on any atom is 0.305 e. The Morgan fingerprint density at radius 1 is 0.731 bits per heavy atom. The lowest BCUT2D eigenvalue weighted by atomic mass is 10.1. The van der Waals surface area contributed by atoms with E-state index < -0.39 is 6.10 Å². The molecule has 0 aliphatic carbocycles. The Labute approximate surface area is 161 Å². The van der Waals surface area contributed by atoms with Crippen molar-refractivity contribution in [2.45, 2.75) is 110 Å². The number of ether oxygens (including phenoxy) is 1. The van der Waals surface area contributed by atoms with Gasteiger partial charge in [0.1, 0.15) is 6.10 Å². The van der Waals surface area contributed by atoms with Gasteiger partial charge < -0.3 is 20.1 Å². The fraction of sp³-hybridized carbons (Fsp3) is 0.952. The molecule has 0 aromatic rings. The standard InChI is InChI=1S/C18H36O2.C3H8O3/c1-3-5-7-9-10-11-12-13-14-16-18(19)20-17-15-8-6-4-2;4-1-3(6)2-5/h3-17H2,1-2H3;3-6H,1-2H2. The lowest BCUT2D eigenvalue weighted by molar-refractivity contribution is -0.143. The van der Waals surface area contributed by atoms with Crippen molar-refractivity contribution in [2.24, 2.45) is 0 Å². The molecule has 5 heteroatoms. The summed E-state index contributed by atoms with van der Waals surface area (Å²) in [6, 6.07) is 0. The van der Waals surface area contributed by atoms with Crippen LogP contribution in [0.3, 0.4) is 0 Å². The lowest BCUT2D eigenvalue weighted by Crippen LogP contribution is -2.15. The summed E-state index contributed by atoms with van der Waals surface area (Å²) in [4.78, 5) is 11.5. The molecule has 3 N–H and O–H groups in total. The predicted molar refractivity (Wildman–Crippen MR) is 107 cm³/mol. The maximum atomic E-state index is 11.5. The van der Waals surface area contributed by atoms with Gasteiger partial charge in [-0.3, -0.25) is 4.79 Å². The Morgan fingerprint density at radius 3 is 1.58 bits per heavy atom. The normalized spacial score (nSPS) is 10.5. The molecule has 0 aliphatic rings. The average Bonchev–Trinajstić information content (AvgIpc) is 2.66. The van der Waals surface area contributed by atoms with E-state index >= 15 is 0 Å². The highest BCUT2D eigenvalue weighted by Crippen LogP contribution is 2.11. The fourth-order valence-electron chi connectivity index (χ4n) is 2.42. The third-order valence-corrected chi connectivity index (χ3v) is 4.17. The van der Waals surface area contributed by atoms with Crippen LogP contribution in [-0.2, 0) is 9.53 Å². The summed E-state index contributed by atoms with van der Waals surface area (Å²) in [6.07, 6.45) is 16.0. The largest absolute Gasteiger partial charge is 0.466 e.